The van der Waals surface area contributed by atoms with E-state index in [0.717, 1.165) is 56.4 Å². The summed E-state index contributed by atoms with van der Waals surface area (Å²) in [4.78, 5) is 35.5. The minimum absolute atomic E-state index is 0. The smallest absolute Gasteiger partial charge is 0.253 e. The number of aromatic nitrogens is 3. The molecule has 2 amide bonds. The molecule has 1 aromatic heterocycles. The van der Waals surface area contributed by atoms with Crippen LogP contribution in [-0.2, 0) is 17.8 Å². The molecule has 3 heterocycles. The van der Waals surface area contributed by atoms with Crippen LogP contribution < -0.4 is 5.32 Å². The monoisotopic (exact) mass is 652 g/mol. The summed E-state index contributed by atoms with van der Waals surface area (Å²) in [5.41, 5.74) is 1.98. The van der Waals surface area contributed by atoms with Gasteiger partial charge in [-0.15, -0.1) is 12.4 Å². The van der Waals surface area contributed by atoms with Gasteiger partial charge in [0.05, 0.1) is 6.04 Å². The van der Waals surface area contributed by atoms with Crippen molar-refractivity contribution in [2.24, 2.45) is 11.3 Å². The molecule has 2 aromatic carbocycles. The van der Waals surface area contributed by atoms with Crippen molar-refractivity contribution in [2.45, 2.75) is 82.8 Å². The molecule has 1 N–H and O–H groups in total. The normalized spacial score (nSPS) is 19.9. The van der Waals surface area contributed by atoms with Gasteiger partial charge in [-0.25, -0.2) is 4.98 Å². The summed E-state index contributed by atoms with van der Waals surface area (Å²) in [6, 6.07) is 17.2. The second kappa shape index (κ2) is 15.6. The van der Waals surface area contributed by atoms with Gasteiger partial charge in [0.1, 0.15) is 12.7 Å². The van der Waals surface area contributed by atoms with Crippen LogP contribution in [0.4, 0.5) is 0 Å². The number of nitrogens with one attached hydrogen (secondary N) is 1. The topological polar surface area (TPSA) is 83.4 Å². The molecule has 1 saturated carbocycles. The summed E-state index contributed by atoms with van der Waals surface area (Å²) in [5, 5.41) is 8.91. The van der Waals surface area contributed by atoms with Gasteiger partial charge >= 0.3 is 0 Å². The molecule has 0 radical (unpaired) electrons. The minimum atomic E-state index is -0.324. The number of halogens is 2. The van der Waals surface area contributed by atoms with Crippen molar-refractivity contribution < 1.29 is 9.59 Å². The van der Waals surface area contributed by atoms with Crippen LogP contribution in [0.25, 0.3) is 0 Å². The number of piperidine rings is 2. The second-order valence-corrected chi connectivity index (χ2v) is 13.5. The van der Waals surface area contributed by atoms with E-state index in [1.807, 2.05) is 70.5 Å². The predicted molar refractivity (Wildman–Crippen MR) is 180 cm³/mol. The van der Waals surface area contributed by atoms with Crippen LogP contribution in [0.3, 0.4) is 0 Å². The van der Waals surface area contributed by atoms with Gasteiger partial charge in [0.25, 0.3) is 5.91 Å². The largest absolute Gasteiger partial charge is 0.341 e. The molecule has 10 heteroatoms. The SMILES string of the molecule is Cl.O=C(c1ccccc1)N1CCC(N[C@H](Cc2ccc(Cl)cc2)C(=O)N2CCC(Cn3cncn3)(C3CCCCC3)CC2)CC1. The third kappa shape index (κ3) is 8.27. The first-order valence-corrected chi connectivity index (χ1v) is 16.8. The van der Waals surface area contributed by atoms with Crippen LogP contribution in [0.5, 0.6) is 0 Å². The molecule has 0 spiro atoms. The number of hydrogen-bond donors (Lipinski definition) is 1. The molecule has 242 valence electrons. The number of rotatable bonds is 9. The van der Waals surface area contributed by atoms with Crippen LogP contribution in [0.2, 0.25) is 5.02 Å². The summed E-state index contributed by atoms with van der Waals surface area (Å²) in [6.07, 6.45) is 14.2. The lowest BCUT2D eigenvalue weighted by Crippen LogP contribution is -2.56. The zero-order valence-electron chi connectivity index (χ0n) is 26.0. The molecule has 1 atom stereocenters. The first-order valence-electron chi connectivity index (χ1n) is 16.5. The Labute approximate surface area is 278 Å². The number of benzene rings is 2. The number of hydrogen-bond acceptors (Lipinski definition) is 5. The van der Waals surface area contributed by atoms with Gasteiger partial charge in [-0.3, -0.25) is 14.3 Å². The Balaban J connectivity index is 0.00000400. The number of carbonyl (C=O) groups is 2. The standard InChI is InChI=1S/C35H45ClN6O2.ClH/c36-30-13-11-27(12-14-30)23-32(39-31-15-19-40(20-16-31)33(43)28-7-3-1-4-8-28)34(44)41-21-17-35(18-22-41,24-42-26-37-25-38-42)29-9-5-2-6-10-29;/h1,3-4,7-8,11-14,25-26,29,31-32,39H,2,5-6,9-10,15-24H2;1H/t32-;/m1./s1. The van der Waals surface area contributed by atoms with E-state index in [0.29, 0.717) is 30.5 Å². The van der Waals surface area contributed by atoms with Crippen LogP contribution >= 0.6 is 24.0 Å². The predicted octanol–water partition coefficient (Wildman–Crippen LogP) is 6.05. The first kappa shape index (κ1) is 33.4. The van der Waals surface area contributed by atoms with E-state index in [-0.39, 0.29) is 41.7 Å². The molecule has 45 heavy (non-hydrogen) atoms. The van der Waals surface area contributed by atoms with E-state index in [9.17, 15) is 9.59 Å². The maximum absolute atomic E-state index is 14.3. The average molecular weight is 654 g/mol. The average Bonchev–Trinajstić information content (AvgIpc) is 3.59. The summed E-state index contributed by atoms with van der Waals surface area (Å²) >= 11 is 6.18. The van der Waals surface area contributed by atoms with E-state index in [1.54, 1.807) is 6.33 Å². The van der Waals surface area contributed by atoms with Crippen molar-refractivity contribution in [3.63, 3.8) is 0 Å². The van der Waals surface area contributed by atoms with Gasteiger partial charge < -0.3 is 15.1 Å². The molecule has 3 aliphatic rings. The number of carbonyl (C=O) groups excluding carboxylic acids is 2. The molecule has 0 bridgehead atoms. The Hall–Kier alpha value is -2.94. The molecule has 1 aliphatic carbocycles. The van der Waals surface area contributed by atoms with Gasteiger partial charge in [-0.1, -0.05) is 61.2 Å². The van der Waals surface area contributed by atoms with Gasteiger partial charge in [-0.05, 0) is 86.1 Å². The van der Waals surface area contributed by atoms with Crippen LogP contribution in [0.15, 0.2) is 67.3 Å². The fourth-order valence-electron chi connectivity index (χ4n) is 7.81. The second-order valence-electron chi connectivity index (χ2n) is 13.1. The third-order valence-electron chi connectivity index (χ3n) is 10.4. The molecule has 0 unspecified atom stereocenters. The van der Waals surface area contributed by atoms with E-state index >= 15 is 0 Å². The van der Waals surface area contributed by atoms with E-state index in [2.05, 4.69) is 20.3 Å². The molecule has 3 aromatic rings. The van der Waals surface area contributed by atoms with Crippen molar-refractivity contribution >= 4 is 35.8 Å². The first-order chi connectivity index (χ1) is 21.5. The van der Waals surface area contributed by atoms with Crippen molar-refractivity contribution in [2.75, 3.05) is 26.2 Å². The van der Waals surface area contributed by atoms with Gasteiger partial charge in [0.2, 0.25) is 5.91 Å². The lowest BCUT2D eigenvalue weighted by Gasteiger charge is -2.48. The highest BCUT2D eigenvalue weighted by atomic mass is 35.5. The van der Waals surface area contributed by atoms with Crippen molar-refractivity contribution in [3.05, 3.63) is 83.4 Å². The van der Waals surface area contributed by atoms with Crippen molar-refractivity contribution in [3.8, 4) is 0 Å². The van der Waals surface area contributed by atoms with Gasteiger partial charge in [0.15, 0.2) is 0 Å². The maximum Gasteiger partial charge on any atom is 0.253 e. The third-order valence-corrected chi connectivity index (χ3v) is 10.6. The zero-order chi connectivity index (χ0) is 30.4. The summed E-state index contributed by atoms with van der Waals surface area (Å²) in [6.45, 7) is 3.79. The lowest BCUT2D eigenvalue weighted by atomic mass is 9.63. The summed E-state index contributed by atoms with van der Waals surface area (Å²) < 4.78 is 2.01. The van der Waals surface area contributed by atoms with Crippen molar-refractivity contribution in [1.29, 1.82) is 0 Å². The maximum atomic E-state index is 14.3. The Morgan fingerprint density at radius 1 is 0.889 bits per heavy atom. The van der Waals surface area contributed by atoms with Crippen molar-refractivity contribution in [1.82, 2.24) is 29.9 Å². The van der Waals surface area contributed by atoms with E-state index < -0.39 is 0 Å². The Kier molecular flexibility index (Phi) is 11.6. The lowest BCUT2D eigenvalue weighted by molar-refractivity contribution is -0.137. The summed E-state index contributed by atoms with van der Waals surface area (Å²) in [5.74, 6) is 0.934. The molecule has 8 nitrogen and oxygen atoms in total. The van der Waals surface area contributed by atoms with E-state index in [4.69, 9.17) is 11.6 Å². The Morgan fingerprint density at radius 3 is 2.22 bits per heavy atom. The quantitative estimate of drug-likeness (QED) is 0.304. The highest BCUT2D eigenvalue weighted by Gasteiger charge is 2.44. The Morgan fingerprint density at radius 2 is 1.58 bits per heavy atom. The molecular formula is C35H46Cl2N6O2. The molecule has 6 rings (SSSR count). The minimum Gasteiger partial charge on any atom is -0.341 e. The molecule has 3 fully saturated rings. The fourth-order valence-corrected chi connectivity index (χ4v) is 7.94. The molecule has 2 aliphatic heterocycles. The van der Waals surface area contributed by atoms with Gasteiger partial charge in [0, 0.05) is 49.4 Å². The fraction of sp³-hybridized carbons (Fsp3) is 0.543. The summed E-state index contributed by atoms with van der Waals surface area (Å²) in [7, 11) is 0. The molecular weight excluding hydrogens is 607 g/mol. The van der Waals surface area contributed by atoms with Crippen LogP contribution in [-0.4, -0.2) is 74.6 Å². The highest BCUT2D eigenvalue weighted by Crippen LogP contribution is 2.47. The molecule has 2 saturated heterocycles. The van der Waals surface area contributed by atoms with Gasteiger partial charge in [-0.2, -0.15) is 5.10 Å². The van der Waals surface area contributed by atoms with Crippen LogP contribution in [0, 0.1) is 11.3 Å². The number of likely N-dealkylation sites (tertiary alicyclic amines) is 2. The number of nitrogens with zero attached hydrogens (tertiary/aromatic N) is 5. The van der Waals surface area contributed by atoms with Crippen LogP contribution in [0.1, 0.15) is 73.7 Å². The zero-order valence-corrected chi connectivity index (χ0v) is 27.6. The van der Waals surface area contributed by atoms with E-state index in [1.165, 1.54) is 32.1 Å². The Bertz CT molecular complexity index is 1350. The highest BCUT2D eigenvalue weighted by molar-refractivity contribution is 6.30. The number of amides is 2.